The molecule has 0 radical (unpaired) electrons. The maximum absolute atomic E-state index is 12.8. The summed E-state index contributed by atoms with van der Waals surface area (Å²) < 4.78 is 28.2. The Kier molecular flexibility index (Phi) is 7.12. The summed E-state index contributed by atoms with van der Waals surface area (Å²) in [4.78, 5) is 34.6. The number of hydrogen-bond donors (Lipinski definition) is 2. The van der Waals surface area contributed by atoms with Gasteiger partial charge in [-0.3, -0.25) is 10.1 Å². The summed E-state index contributed by atoms with van der Waals surface area (Å²) in [7, 11) is 0. The van der Waals surface area contributed by atoms with E-state index in [-0.39, 0.29) is 24.7 Å². The van der Waals surface area contributed by atoms with Crippen LogP contribution in [-0.2, 0) is 16.1 Å². The lowest BCUT2D eigenvalue weighted by Gasteiger charge is -2.05. The highest BCUT2D eigenvalue weighted by molar-refractivity contribution is 5.96. The van der Waals surface area contributed by atoms with Gasteiger partial charge in [0.05, 0.1) is 0 Å². The van der Waals surface area contributed by atoms with Crippen LogP contribution >= 0.6 is 0 Å². The largest absolute Gasteiger partial charge is 0.486 e. The molecule has 0 atom stereocenters. The molecule has 1 aromatic heterocycles. The topological polar surface area (TPSA) is 107 Å². The average molecular weight is 376 g/mol. The van der Waals surface area contributed by atoms with Gasteiger partial charge in [-0.25, -0.2) is 14.0 Å². The van der Waals surface area contributed by atoms with Crippen molar-refractivity contribution in [1.29, 1.82) is 0 Å². The molecule has 0 bridgehead atoms. The molecule has 0 aliphatic heterocycles. The number of benzene rings is 1. The van der Waals surface area contributed by atoms with E-state index in [1.807, 2.05) is 5.32 Å². The quantitative estimate of drug-likeness (QED) is 0.540. The molecule has 0 fully saturated rings. The Morgan fingerprint density at radius 1 is 1.15 bits per heavy atom. The number of carbonyl (C=O) groups is 3. The van der Waals surface area contributed by atoms with E-state index in [4.69, 9.17) is 13.9 Å². The van der Waals surface area contributed by atoms with Crippen LogP contribution in [0.3, 0.4) is 0 Å². The summed E-state index contributed by atoms with van der Waals surface area (Å²) in [5, 5.41) is 4.31. The smallest absolute Gasteiger partial charge is 0.374 e. The van der Waals surface area contributed by atoms with Crippen molar-refractivity contribution >= 4 is 17.9 Å². The first-order chi connectivity index (χ1) is 13.0. The van der Waals surface area contributed by atoms with Gasteiger partial charge in [-0.1, -0.05) is 6.08 Å². The number of halogens is 1. The number of esters is 1. The minimum atomic E-state index is -0.871. The molecule has 9 heteroatoms. The minimum Gasteiger partial charge on any atom is -0.486 e. The first kappa shape index (κ1) is 19.7. The molecule has 0 aliphatic rings. The van der Waals surface area contributed by atoms with Crippen LogP contribution < -0.4 is 15.4 Å². The summed E-state index contributed by atoms with van der Waals surface area (Å²) >= 11 is 0. The summed E-state index contributed by atoms with van der Waals surface area (Å²) in [5.74, 6) is -1.41. The van der Waals surface area contributed by atoms with E-state index in [1.165, 1.54) is 42.5 Å². The number of carbonyl (C=O) groups excluding carboxylic acids is 3. The van der Waals surface area contributed by atoms with E-state index in [0.717, 1.165) is 0 Å². The van der Waals surface area contributed by atoms with Gasteiger partial charge >= 0.3 is 12.0 Å². The number of nitrogens with one attached hydrogen (secondary N) is 2. The fraction of sp³-hybridized carbons (Fsp3) is 0.167. The molecule has 2 aromatic rings. The molecule has 2 rings (SSSR count). The normalized spacial score (nSPS) is 9.96. The zero-order valence-electron chi connectivity index (χ0n) is 14.2. The molecule has 0 spiro atoms. The third kappa shape index (κ3) is 6.65. The predicted octanol–water partition coefficient (Wildman–Crippen LogP) is 2.17. The Morgan fingerprint density at radius 3 is 2.59 bits per heavy atom. The SMILES string of the molecule is C=CCNC(=O)NC(=O)COC(=O)c1ccc(COc2ccc(F)cc2)o1. The Hall–Kier alpha value is -3.62. The van der Waals surface area contributed by atoms with E-state index in [1.54, 1.807) is 0 Å². The van der Waals surface area contributed by atoms with Crippen LogP contribution in [0.25, 0.3) is 0 Å². The number of amides is 3. The van der Waals surface area contributed by atoms with Crippen molar-refractivity contribution < 1.29 is 32.7 Å². The molecule has 0 saturated heterocycles. The first-order valence-corrected chi connectivity index (χ1v) is 7.80. The molecule has 27 heavy (non-hydrogen) atoms. The predicted molar refractivity (Wildman–Crippen MR) is 91.5 cm³/mol. The van der Waals surface area contributed by atoms with Crippen molar-refractivity contribution in [2.75, 3.05) is 13.2 Å². The third-order valence-corrected chi connectivity index (χ3v) is 3.05. The zero-order valence-corrected chi connectivity index (χ0v) is 14.2. The van der Waals surface area contributed by atoms with Crippen molar-refractivity contribution in [2.45, 2.75) is 6.61 Å². The summed E-state index contributed by atoms with van der Waals surface area (Å²) in [6.07, 6.45) is 1.44. The second-order valence-corrected chi connectivity index (χ2v) is 5.13. The molecule has 1 heterocycles. The number of rotatable bonds is 8. The van der Waals surface area contributed by atoms with Crippen molar-refractivity contribution in [3.63, 3.8) is 0 Å². The fourth-order valence-electron chi connectivity index (χ4n) is 1.82. The highest BCUT2D eigenvalue weighted by atomic mass is 19.1. The number of hydrogen-bond acceptors (Lipinski definition) is 6. The highest BCUT2D eigenvalue weighted by Gasteiger charge is 2.16. The molecule has 8 nitrogen and oxygen atoms in total. The molecule has 142 valence electrons. The monoisotopic (exact) mass is 376 g/mol. The van der Waals surface area contributed by atoms with E-state index in [2.05, 4.69) is 11.9 Å². The van der Waals surface area contributed by atoms with Crippen LogP contribution in [0.4, 0.5) is 9.18 Å². The molecule has 0 aliphatic carbocycles. The molecule has 0 saturated carbocycles. The van der Waals surface area contributed by atoms with Crippen LogP contribution in [0, 0.1) is 5.82 Å². The van der Waals surface area contributed by atoms with Gasteiger partial charge in [0.1, 0.15) is 23.9 Å². The lowest BCUT2D eigenvalue weighted by molar-refractivity contribution is -0.123. The van der Waals surface area contributed by atoms with E-state index in [9.17, 15) is 18.8 Å². The van der Waals surface area contributed by atoms with Crippen molar-refractivity contribution in [1.82, 2.24) is 10.6 Å². The van der Waals surface area contributed by atoms with Gasteiger partial charge in [-0.15, -0.1) is 6.58 Å². The van der Waals surface area contributed by atoms with Gasteiger partial charge in [0.15, 0.2) is 6.61 Å². The number of urea groups is 1. The number of ether oxygens (including phenoxy) is 2. The van der Waals surface area contributed by atoms with Crippen LogP contribution in [0.2, 0.25) is 0 Å². The van der Waals surface area contributed by atoms with Gasteiger partial charge in [0.2, 0.25) is 5.76 Å². The molecule has 2 N–H and O–H groups in total. The highest BCUT2D eigenvalue weighted by Crippen LogP contribution is 2.15. The summed E-state index contributed by atoms with van der Waals surface area (Å²) in [5.41, 5.74) is 0. The standard InChI is InChI=1S/C18H17FN2O6/c1-2-9-20-18(24)21-16(22)11-26-17(23)15-8-7-14(27-15)10-25-13-5-3-12(19)4-6-13/h2-8H,1,9-11H2,(H2,20,21,22,24). The first-order valence-electron chi connectivity index (χ1n) is 7.80. The molecule has 3 amide bonds. The van der Waals surface area contributed by atoms with Gasteiger partial charge in [0, 0.05) is 6.54 Å². The van der Waals surface area contributed by atoms with Gasteiger partial charge in [0.25, 0.3) is 5.91 Å². The lowest BCUT2D eigenvalue weighted by atomic mass is 10.3. The van der Waals surface area contributed by atoms with Crippen molar-refractivity contribution in [3.8, 4) is 5.75 Å². The molecule has 0 unspecified atom stereocenters. The number of furan rings is 1. The van der Waals surface area contributed by atoms with E-state index < -0.39 is 24.5 Å². The summed E-state index contributed by atoms with van der Waals surface area (Å²) in [6, 6.07) is 7.55. The van der Waals surface area contributed by atoms with Gasteiger partial charge < -0.3 is 19.2 Å². The summed E-state index contributed by atoms with van der Waals surface area (Å²) in [6.45, 7) is 2.96. The van der Waals surface area contributed by atoms with Crippen LogP contribution in [-0.4, -0.2) is 31.1 Å². The van der Waals surface area contributed by atoms with E-state index in [0.29, 0.717) is 11.5 Å². The third-order valence-electron chi connectivity index (χ3n) is 3.05. The lowest BCUT2D eigenvalue weighted by Crippen LogP contribution is -2.41. The second-order valence-electron chi connectivity index (χ2n) is 5.13. The molecule has 1 aromatic carbocycles. The van der Waals surface area contributed by atoms with Crippen LogP contribution in [0.1, 0.15) is 16.3 Å². The van der Waals surface area contributed by atoms with Crippen LogP contribution in [0.15, 0.2) is 53.5 Å². The zero-order chi connectivity index (χ0) is 19.6. The maximum atomic E-state index is 12.8. The fourth-order valence-corrected chi connectivity index (χ4v) is 1.82. The second kappa shape index (κ2) is 9.76. The van der Waals surface area contributed by atoms with Crippen LogP contribution in [0.5, 0.6) is 5.75 Å². The molecular formula is C18H17FN2O6. The molecular weight excluding hydrogens is 359 g/mol. The van der Waals surface area contributed by atoms with Gasteiger partial charge in [-0.2, -0.15) is 0 Å². The average Bonchev–Trinajstić information content (AvgIpc) is 3.13. The van der Waals surface area contributed by atoms with Crippen molar-refractivity contribution in [2.24, 2.45) is 0 Å². The van der Waals surface area contributed by atoms with Crippen molar-refractivity contribution in [3.05, 3.63) is 66.4 Å². The maximum Gasteiger partial charge on any atom is 0.374 e. The Balaban J connectivity index is 1.77. The number of imide groups is 1. The Labute approximate surface area is 153 Å². The van der Waals surface area contributed by atoms with Gasteiger partial charge in [-0.05, 0) is 36.4 Å². The van der Waals surface area contributed by atoms with E-state index >= 15 is 0 Å². The Morgan fingerprint density at radius 2 is 1.89 bits per heavy atom. The minimum absolute atomic E-state index is 0.0167. The Bertz CT molecular complexity index is 816.